The summed E-state index contributed by atoms with van der Waals surface area (Å²) in [4.78, 5) is 2.13. The molecule has 0 N–H and O–H groups in total. The molecule has 0 atom stereocenters. The average molecular weight is 271 g/mol. The van der Waals surface area contributed by atoms with Crippen molar-refractivity contribution in [1.29, 1.82) is 0 Å². The third kappa shape index (κ3) is 4.00. The van der Waals surface area contributed by atoms with Gasteiger partial charge in [0, 0.05) is 6.54 Å². The van der Waals surface area contributed by atoms with E-state index in [1.807, 2.05) is 30.3 Å². The summed E-state index contributed by atoms with van der Waals surface area (Å²) in [5.41, 5.74) is 2.35. The number of rotatable bonds is 6. The predicted octanol–water partition coefficient (Wildman–Crippen LogP) is 3.34. The summed E-state index contributed by atoms with van der Waals surface area (Å²) in [5, 5.41) is 0. The molecule has 0 spiro atoms. The second-order valence-corrected chi connectivity index (χ2v) is 5.00. The molecule has 0 aliphatic heterocycles. The lowest BCUT2D eigenvalue weighted by atomic mass is 10.2. The Morgan fingerprint density at radius 1 is 0.900 bits per heavy atom. The average Bonchev–Trinajstić information content (AvgIpc) is 2.46. The van der Waals surface area contributed by atoms with Crippen molar-refractivity contribution in [2.24, 2.45) is 0 Å². The molecule has 0 fully saturated rings. The van der Waals surface area contributed by atoms with Crippen LogP contribution in [-0.4, -0.2) is 26.1 Å². The molecule has 2 rings (SSSR count). The zero-order valence-corrected chi connectivity index (χ0v) is 12.3. The minimum atomic E-state index is 0.544. The van der Waals surface area contributed by atoms with Gasteiger partial charge in [-0.15, -0.1) is 0 Å². The fraction of sp³-hybridized carbons (Fsp3) is 0.294. The van der Waals surface area contributed by atoms with Crippen LogP contribution in [0.1, 0.15) is 11.1 Å². The van der Waals surface area contributed by atoms with Crippen molar-refractivity contribution in [1.82, 2.24) is 4.90 Å². The monoisotopic (exact) mass is 271 g/mol. The van der Waals surface area contributed by atoms with E-state index in [1.54, 1.807) is 7.11 Å². The number of hydrogen-bond donors (Lipinski definition) is 0. The Labute approximate surface area is 120 Å². The number of ether oxygens (including phenoxy) is 2. The highest BCUT2D eigenvalue weighted by molar-refractivity contribution is 5.43. The van der Waals surface area contributed by atoms with E-state index in [-0.39, 0.29) is 0 Å². The standard InChI is InChI=1S/C17H21NO2/c1-18(2)12-15-9-10-16(19-3)17(11-15)20-13-14-7-5-4-6-8-14/h4-11H,12-13H2,1-3H3. The first kappa shape index (κ1) is 14.4. The van der Waals surface area contributed by atoms with Gasteiger partial charge in [-0.25, -0.2) is 0 Å². The van der Waals surface area contributed by atoms with E-state index in [9.17, 15) is 0 Å². The molecular formula is C17H21NO2. The van der Waals surface area contributed by atoms with Crippen molar-refractivity contribution in [3.63, 3.8) is 0 Å². The molecule has 106 valence electrons. The van der Waals surface area contributed by atoms with Gasteiger partial charge in [0.05, 0.1) is 7.11 Å². The van der Waals surface area contributed by atoms with Crippen molar-refractivity contribution >= 4 is 0 Å². The maximum atomic E-state index is 5.89. The van der Waals surface area contributed by atoms with Gasteiger partial charge in [0.25, 0.3) is 0 Å². The first-order valence-corrected chi connectivity index (χ1v) is 6.67. The van der Waals surface area contributed by atoms with Crippen LogP contribution in [0.3, 0.4) is 0 Å². The van der Waals surface area contributed by atoms with Gasteiger partial charge in [-0.1, -0.05) is 36.4 Å². The Kier molecular flexibility index (Phi) is 5.02. The molecule has 3 nitrogen and oxygen atoms in total. The van der Waals surface area contributed by atoms with Crippen molar-refractivity contribution in [3.05, 3.63) is 59.7 Å². The van der Waals surface area contributed by atoms with Crippen molar-refractivity contribution in [3.8, 4) is 11.5 Å². The van der Waals surface area contributed by atoms with Gasteiger partial charge in [-0.2, -0.15) is 0 Å². The minimum absolute atomic E-state index is 0.544. The van der Waals surface area contributed by atoms with Crippen molar-refractivity contribution < 1.29 is 9.47 Å². The molecule has 0 aromatic heterocycles. The van der Waals surface area contributed by atoms with Crippen LogP contribution < -0.4 is 9.47 Å². The van der Waals surface area contributed by atoms with Gasteiger partial charge in [-0.05, 0) is 37.4 Å². The molecule has 2 aromatic carbocycles. The molecule has 0 aliphatic carbocycles. The van der Waals surface area contributed by atoms with E-state index in [2.05, 4.69) is 37.2 Å². The summed E-state index contributed by atoms with van der Waals surface area (Å²) in [5.74, 6) is 1.55. The summed E-state index contributed by atoms with van der Waals surface area (Å²) in [7, 11) is 5.76. The number of hydrogen-bond acceptors (Lipinski definition) is 3. The van der Waals surface area contributed by atoms with Crippen molar-refractivity contribution in [2.75, 3.05) is 21.2 Å². The normalized spacial score (nSPS) is 10.6. The highest BCUT2D eigenvalue weighted by Gasteiger charge is 2.07. The molecule has 2 aromatic rings. The van der Waals surface area contributed by atoms with E-state index < -0.39 is 0 Å². The van der Waals surface area contributed by atoms with E-state index in [0.717, 1.165) is 23.6 Å². The van der Waals surface area contributed by atoms with Crippen LogP contribution in [0.15, 0.2) is 48.5 Å². The molecule has 0 aliphatic rings. The van der Waals surface area contributed by atoms with Gasteiger partial charge >= 0.3 is 0 Å². The molecule has 0 saturated carbocycles. The predicted molar refractivity (Wildman–Crippen MR) is 81.2 cm³/mol. The molecule has 3 heteroatoms. The first-order chi connectivity index (χ1) is 9.69. The fourth-order valence-electron chi connectivity index (χ4n) is 2.03. The Bertz CT molecular complexity index is 538. The van der Waals surface area contributed by atoms with Crippen LogP contribution in [-0.2, 0) is 13.2 Å². The van der Waals surface area contributed by atoms with Crippen LogP contribution in [0.2, 0.25) is 0 Å². The lowest BCUT2D eigenvalue weighted by Crippen LogP contribution is -2.10. The number of nitrogens with zero attached hydrogens (tertiary/aromatic N) is 1. The van der Waals surface area contributed by atoms with Crippen LogP contribution in [0.25, 0.3) is 0 Å². The van der Waals surface area contributed by atoms with E-state index in [0.29, 0.717) is 6.61 Å². The lowest BCUT2D eigenvalue weighted by molar-refractivity contribution is 0.283. The molecule has 0 bridgehead atoms. The number of benzene rings is 2. The van der Waals surface area contributed by atoms with Crippen LogP contribution >= 0.6 is 0 Å². The molecule has 0 heterocycles. The second kappa shape index (κ2) is 6.96. The summed E-state index contributed by atoms with van der Waals surface area (Å²) in [6, 6.07) is 16.2. The van der Waals surface area contributed by atoms with Gasteiger partial charge in [0.2, 0.25) is 0 Å². The van der Waals surface area contributed by atoms with E-state index in [4.69, 9.17) is 9.47 Å². The summed E-state index contributed by atoms with van der Waals surface area (Å²) < 4.78 is 11.2. The summed E-state index contributed by atoms with van der Waals surface area (Å²) in [6.07, 6.45) is 0. The fourth-order valence-corrected chi connectivity index (χ4v) is 2.03. The van der Waals surface area contributed by atoms with Crippen LogP contribution in [0.4, 0.5) is 0 Å². The van der Waals surface area contributed by atoms with Gasteiger partial charge < -0.3 is 14.4 Å². The Morgan fingerprint density at radius 3 is 2.30 bits per heavy atom. The van der Waals surface area contributed by atoms with Crippen molar-refractivity contribution in [2.45, 2.75) is 13.2 Å². The molecule has 0 radical (unpaired) electrons. The van der Waals surface area contributed by atoms with E-state index in [1.165, 1.54) is 5.56 Å². The third-order valence-corrected chi connectivity index (χ3v) is 2.96. The van der Waals surface area contributed by atoms with E-state index >= 15 is 0 Å². The molecular weight excluding hydrogens is 250 g/mol. The highest BCUT2D eigenvalue weighted by atomic mass is 16.5. The first-order valence-electron chi connectivity index (χ1n) is 6.67. The number of methoxy groups -OCH3 is 1. The van der Waals surface area contributed by atoms with Crippen LogP contribution in [0, 0.1) is 0 Å². The molecule has 0 saturated heterocycles. The maximum absolute atomic E-state index is 5.89. The zero-order valence-electron chi connectivity index (χ0n) is 12.3. The summed E-state index contributed by atoms with van der Waals surface area (Å²) in [6.45, 7) is 1.42. The second-order valence-electron chi connectivity index (χ2n) is 5.00. The maximum Gasteiger partial charge on any atom is 0.161 e. The van der Waals surface area contributed by atoms with Gasteiger partial charge in [-0.3, -0.25) is 0 Å². The SMILES string of the molecule is COc1ccc(CN(C)C)cc1OCc1ccccc1. The lowest BCUT2D eigenvalue weighted by Gasteiger charge is -2.14. The molecule has 0 unspecified atom stereocenters. The Hall–Kier alpha value is -2.00. The van der Waals surface area contributed by atoms with Crippen LogP contribution in [0.5, 0.6) is 11.5 Å². The third-order valence-electron chi connectivity index (χ3n) is 2.96. The smallest absolute Gasteiger partial charge is 0.161 e. The minimum Gasteiger partial charge on any atom is -0.493 e. The molecule has 0 amide bonds. The quantitative estimate of drug-likeness (QED) is 0.804. The highest BCUT2D eigenvalue weighted by Crippen LogP contribution is 2.29. The summed E-state index contributed by atoms with van der Waals surface area (Å²) >= 11 is 0. The topological polar surface area (TPSA) is 21.7 Å². The van der Waals surface area contributed by atoms with Gasteiger partial charge in [0.1, 0.15) is 6.61 Å². The Morgan fingerprint density at radius 2 is 1.65 bits per heavy atom. The zero-order chi connectivity index (χ0) is 14.4. The largest absolute Gasteiger partial charge is 0.493 e. The van der Waals surface area contributed by atoms with Gasteiger partial charge in [0.15, 0.2) is 11.5 Å². The Balaban J connectivity index is 2.12. The molecule has 20 heavy (non-hydrogen) atoms.